The summed E-state index contributed by atoms with van der Waals surface area (Å²) in [6.07, 6.45) is -0.184. The van der Waals surface area contributed by atoms with E-state index >= 15 is 0 Å². The average molecular weight is 419 g/mol. The van der Waals surface area contributed by atoms with Gasteiger partial charge in [-0.1, -0.05) is 29.3 Å². The van der Waals surface area contributed by atoms with Gasteiger partial charge in [-0.3, -0.25) is 24.5 Å². The number of carbonyl (C=O) groups excluding carboxylic acids is 3. The molecule has 152 valence electrons. The zero-order chi connectivity index (χ0) is 21.6. The van der Waals surface area contributed by atoms with Gasteiger partial charge in [-0.05, 0) is 31.5 Å². The van der Waals surface area contributed by atoms with Crippen molar-refractivity contribution in [3.63, 3.8) is 0 Å². The SMILES string of the molecule is Cc1ccc(C)c(C(=O)CCC(=O)OCC(=O)Nc2ccc([N+](=O)[O-])cc2Cl)c1. The molecule has 0 fully saturated rings. The molecule has 0 saturated carbocycles. The average Bonchev–Trinajstić information content (AvgIpc) is 2.67. The summed E-state index contributed by atoms with van der Waals surface area (Å²) >= 11 is 5.88. The number of non-ortho nitro benzene ring substituents is 1. The van der Waals surface area contributed by atoms with Crippen molar-refractivity contribution >= 4 is 40.6 Å². The molecule has 2 aromatic carbocycles. The van der Waals surface area contributed by atoms with Gasteiger partial charge in [-0.15, -0.1) is 0 Å². The summed E-state index contributed by atoms with van der Waals surface area (Å²) in [5, 5.41) is 13.1. The first-order chi connectivity index (χ1) is 13.7. The number of Topliss-reactive ketones (excluding diaryl/α,β-unsaturated/α-hetero) is 1. The zero-order valence-electron chi connectivity index (χ0n) is 15.9. The van der Waals surface area contributed by atoms with E-state index in [1.165, 1.54) is 12.1 Å². The molecule has 1 N–H and O–H groups in total. The number of halogens is 1. The van der Waals surface area contributed by atoms with Gasteiger partial charge in [0.2, 0.25) is 0 Å². The van der Waals surface area contributed by atoms with Gasteiger partial charge < -0.3 is 10.1 Å². The minimum atomic E-state index is -0.686. The van der Waals surface area contributed by atoms with E-state index in [0.29, 0.717) is 5.56 Å². The van der Waals surface area contributed by atoms with Crippen LogP contribution in [-0.2, 0) is 14.3 Å². The van der Waals surface area contributed by atoms with Gasteiger partial charge >= 0.3 is 5.97 Å². The Morgan fingerprint density at radius 2 is 1.83 bits per heavy atom. The molecule has 0 bridgehead atoms. The zero-order valence-corrected chi connectivity index (χ0v) is 16.6. The first-order valence-electron chi connectivity index (χ1n) is 8.67. The fourth-order valence-corrected chi connectivity index (χ4v) is 2.73. The lowest BCUT2D eigenvalue weighted by molar-refractivity contribution is -0.384. The first-order valence-corrected chi connectivity index (χ1v) is 9.05. The first kappa shape index (κ1) is 22.0. The number of ketones is 1. The Morgan fingerprint density at radius 3 is 2.48 bits per heavy atom. The van der Waals surface area contributed by atoms with Crippen LogP contribution in [0.15, 0.2) is 36.4 Å². The molecule has 2 aromatic rings. The molecule has 0 atom stereocenters. The Morgan fingerprint density at radius 1 is 1.10 bits per heavy atom. The van der Waals surface area contributed by atoms with Crippen molar-refractivity contribution in [1.29, 1.82) is 0 Å². The minimum absolute atomic E-state index is 0.0157. The maximum absolute atomic E-state index is 12.3. The van der Waals surface area contributed by atoms with E-state index < -0.39 is 23.4 Å². The Balaban J connectivity index is 1.81. The summed E-state index contributed by atoms with van der Waals surface area (Å²) in [4.78, 5) is 46.0. The van der Waals surface area contributed by atoms with E-state index in [-0.39, 0.29) is 35.0 Å². The number of nitrogens with one attached hydrogen (secondary N) is 1. The number of nitrogens with zero attached hydrogens (tertiary/aromatic N) is 1. The highest BCUT2D eigenvalue weighted by atomic mass is 35.5. The number of esters is 1. The van der Waals surface area contributed by atoms with Crippen LogP contribution in [0.2, 0.25) is 5.02 Å². The van der Waals surface area contributed by atoms with E-state index in [9.17, 15) is 24.5 Å². The third kappa shape index (κ3) is 6.39. The molecule has 0 aliphatic heterocycles. The second-order valence-electron chi connectivity index (χ2n) is 6.37. The summed E-state index contributed by atoms with van der Waals surface area (Å²) in [5.41, 5.74) is 2.27. The Kier molecular flexibility index (Phi) is 7.44. The molecular weight excluding hydrogens is 400 g/mol. The van der Waals surface area contributed by atoms with Crippen molar-refractivity contribution in [2.75, 3.05) is 11.9 Å². The smallest absolute Gasteiger partial charge is 0.306 e. The van der Waals surface area contributed by atoms with Gasteiger partial charge in [0.25, 0.3) is 11.6 Å². The lowest BCUT2D eigenvalue weighted by Crippen LogP contribution is -2.21. The van der Waals surface area contributed by atoms with Gasteiger partial charge in [-0.25, -0.2) is 0 Å². The molecule has 0 spiro atoms. The number of nitro groups is 1. The van der Waals surface area contributed by atoms with Crippen LogP contribution in [0.1, 0.15) is 34.3 Å². The molecule has 9 heteroatoms. The van der Waals surface area contributed by atoms with Crippen LogP contribution in [0.25, 0.3) is 0 Å². The molecule has 0 aliphatic carbocycles. The predicted molar refractivity (Wildman–Crippen MR) is 107 cm³/mol. The van der Waals surface area contributed by atoms with Crippen LogP contribution in [-0.4, -0.2) is 29.2 Å². The lowest BCUT2D eigenvalue weighted by Gasteiger charge is -2.08. The summed E-state index contributed by atoms with van der Waals surface area (Å²) in [7, 11) is 0. The molecule has 0 saturated heterocycles. The second-order valence-corrected chi connectivity index (χ2v) is 6.78. The largest absolute Gasteiger partial charge is 0.456 e. The van der Waals surface area contributed by atoms with Crippen LogP contribution in [0.4, 0.5) is 11.4 Å². The molecule has 0 aliphatic rings. The number of amides is 1. The highest BCUT2D eigenvalue weighted by Gasteiger charge is 2.15. The number of ether oxygens (including phenoxy) is 1. The molecule has 2 rings (SSSR count). The number of anilines is 1. The molecule has 0 unspecified atom stereocenters. The van der Waals surface area contributed by atoms with E-state index in [2.05, 4.69) is 5.32 Å². The maximum Gasteiger partial charge on any atom is 0.306 e. The number of carbonyl (C=O) groups is 3. The minimum Gasteiger partial charge on any atom is -0.456 e. The summed E-state index contributed by atoms with van der Waals surface area (Å²) in [6, 6.07) is 9.08. The molecular formula is C20H19ClN2O6. The third-order valence-electron chi connectivity index (χ3n) is 4.05. The molecule has 8 nitrogen and oxygen atoms in total. The maximum atomic E-state index is 12.3. The second kappa shape index (κ2) is 9.79. The number of rotatable bonds is 8. The predicted octanol–water partition coefficient (Wildman–Crippen LogP) is 4.01. The van der Waals surface area contributed by atoms with Crippen LogP contribution < -0.4 is 5.32 Å². The van der Waals surface area contributed by atoms with E-state index in [0.717, 1.165) is 17.2 Å². The quantitative estimate of drug-likeness (QED) is 0.299. The van der Waals surface area contributed by atoms with Crippen molar-refractivity contribution < 1.29 is 24.0 Å². The van der Waals surface area contributed by atoms with Crippen molar-refractivity contribution in [3.8, 4) is 0 Å². The van der Waals surface area contributed by atoms with Crippen LogP contribution in [0, 0.1) is 24.0 Å². The number of hydrogen-bond acceptors (Lipinski definition) is 6. The van der Waals surface area contributed by atoms with Gasteiger partial charge in [0.05, 0.1) is 22.1 Å². The third-order valence-corrected chi connectivity index (χ3v) is 4.36. The molecule has 0 aromatic heterocycles. The number of benzene rings is 2. The van der Waals surface area contributed by atoms with Gasteiger partial charge in [0.1, 0.15) is 0 Å². The van der Waals surface area contributed by atoms with Crippen molar-refractivity contribution in [2.45, 2.75) is 26.7 Å². The molecule has 29 heavy (non-hydrogen) atoms. The van der Waals surface area contributed by atoms with Crippen molar-refractivity contribution in [3.05, 3.63) is 68.2 Å². The highest BCUT2D eigenvalue weighted by molar-refractivity contribution is 6.34. The molecule has 0 heterocycles. The molecule has 0 radical (unpaired) electrons. The molecule has 1 amide bonds. The van der Waals surface area contributed by atoms with Gasteiger partial charge in [0, 0.05) is 24.1 Å². The fraction of sp³-hybridized carbons (Fsp3) is 0.250. The van der Waals surface area contributed by atoms with E-state index in [1.54, 1.807) is 6.07 Å². The fourth-order valence-electron chi connectivity index (χ4n) is 2.51. The number of aryl methyl sites for hydroxylation is 2. The Hall–Kier alpha value is -3.26. The normalized spacial score (nSPS) is 10.3. The lowest BCUT2D eigenvalue weighted by atomic mass is 9.99. The number of hydrogen-bond donors (Lipinski definition) is 1. The van der Waals surface area contributed by atoms with Gasteiger partial charge in [0.15, 0.2) is 12.4 Å². The Labute approximate surface area is 172 Å². The van der Waals surface area contributed by atoms with Crippen molar-refractivity contribution in [1.82, 2.24) is 0 Å². The van der Waals surface area contributed by atoms with Crippen LogP contribution >= 0.6 is 11.6 Å². The summed E-state index contributed by atoms with van der Waals surface area (Å²) in [6.45, 7) is 3.13. The van der Waals surface area contributed by atoms with Crippen LogP contribution in [0.5, 0.6) is 0 Å². The van der Waals surface area contributed by atoms with Crippen LogP contribution in [0.3, 0.4) is 0 Å². The van der Waals surface area contributed by atoms with E-state index in [4.69, 9.17) is 16.3 Å². The summed E-state index contributed by atoms with van der Waals surface area (Å²) < 4.78 is 4.86. The van der Waals surface area contributed by atoms with E-state index in [1.807, 2.05) is 26.0 Å². The summed E-state index contributed by atoms with van der Waals surface area (Å²) in [5.74, 6) is -1.52. The highest BCUT2D eigenvalue weighted by Crippen LogP contribution is 2.26. The monoisotopic (exact) mass is 418 g/mol. The number of nitro benzene ring substituents is 1. The Bertz CT molecular complexity index is 973. The van der Waals surface area contributed by atoms with Crippen molar-refractivity contribution in [2.24, 2.45) is 0 Å². The topological polar surface area (TPSA) is 116 Å². The standard InChI is InChI=1S/C20H19ClN2O6/c1-12-3-4-13(2)15(9-12)18(24)7-8-20(26)29-11-19(25)22-17-6-5-14(23(27)28)10-16(17)21/h3-6,9-10H,7-8,11H2,1-2H3,(H,22,25). The van der Waals surface area contributed by atoms with Gasteiger partial charge in [-0.2, -0.15) is 0 Å².